The predicted octanol–water partition coefficient (Wildman–Crippen LogP) is 2.03. The zero-order valence-electron chi connectivity index (χ0n) is 7.23. The van der Waals surface area contributed by atoms with Gasteiger partial charge in [0.25, 0.3) is 0 Å². The monoisotopic (exact) mass is 255 g/mol. The average molecular weight is 256 g/mol. The summed E-state index contributed by atoms with van der Waals surface area (Å²) in [5, 5.41) is 13.4. The van der Waals surface area contributed by atoms with Crippen molar-refractivity contribution in [1.29, 1.82) is 0 Å². The van der Waals surface area contributed by atoms with E-state index in [9.17, 15) is 4.79 Å². The molecule has 0 saturated heterocycles. The lowest BCUT2D eigenvalue weighted by molar-refractivity contribution is 0.193. The molecule has 0 fully saturated rings. The summed E-state index contributed by atoms with van der Waals surface area (Å²) < 4.78 is 1.68. The number of aromatic nitrogens is 3. The Bertz CT molecular complexity index is 521. The topological polar surface area (TPSA) is 68.0 Å². The van der Waals surface area contributed by atoms with Crippen LogP contribution in [0.4, 0.5) is 4.79 Å². The molecule has 6 heteroatoms. The largest absolute Gasteiger partial charge is 0.463 e. The fourth-order valence-corrected chi connectivity index (χ4v) is 1.58. The Morgan fingerprint density at radius 1 is 1.64 bits per heavy atom. The molecule has 72 valence electrons. The van der Waals surface area contributed by atoms with Gasteiger partial charge in [0.1, 0.15) is 0 Å². The first-order chi connectivity index (χ1) is 6.59. The number of halogens is 1. The third-order valence-electron chi connectivity index (χ3n) is 1.85. The molecule has 14 heavy (non-hydrogen) atoms. The van der Waals surface area contributed by atoms with Crippen LogP contribution in [0.1, 0.15) is 5.69 Å². The van der Waals surface area contributed by atoms with Crippen LogP contribution >= 0.6 is 15.9 Å². The molecular formula is C8H6BrN3O2. The third-order valence-corrected chi connectivity index (χ3v) is 2.29. The van der Waals surface area contributed by atoms with Gasteiger partial charge in [0.05, 0.1) is 5.69 Å². The van der Waals surface area contributed by atoms with Crippen LogP contribution in [0.5, 0.6) is 0 Å². The van der Waals surface area contributed by atoms with Crippen LogP contribution in [0.25, 0.3) is 11.0 Å². The molecular weight excluding hydrogens is 250 g/mol. The van der Waals surface area contributed by atoms with E-state index in [1.165, 1.54) is 0 Å². The Labute approximate surface area is 87.5 Å². The summed E-state index contributed by atoms with van der Waals surface area (Å²) in [4.78, 5) is 14.8. The molecule has 0 aliphatic rings. The molecule has 0 aromatic carbocycles. The maximum atomic E-state index is 10.8. The quantitative estimate of drug-likeness (QED) is 0.782. The van der Waals surface area contributed by atoms with E-state index < -0.39 is 6.09 Å². The summed E-state index contributed by atoms with van der Waals surface area (Å²) in [6.07, 6.45) is 0.418. The third kappa shape index (κ3) is 1.27. The highest BCUT2D eigenvalue weighted by Gasteiger charge is 2.13. The number of aryl methyl sites for hydroxylation is 1. The molecule has 0 spiro atoms. The number of fused-ring (bicyclic) bond motifs is 1. The molecule has 2 rings (SSSR count). The Hall–Kier alpha value is -1.43. The van der Waals surface area contributed by atoms with E-state index in [4.69, 9.17) is 5.11 Å². The number of pyridine rings is 1. The van der Waals surface area contributed by atoms with Gasteiger partial charge in [0.2, 0.25) is 0 Å². The first-order valence-electron chi connectivity index (χ1n) is 3.84. The van der Waals surface area contributed by atoms with Crippen molar-refractivity contribution in [3.05, 3.63) is 22.4 Å². The maximum Gasteiger partial charge on any atom is 0.434 e. The molecule has 0 amide bonds. The molecule has 0 aliphatic heterocycles. The van der Waals surface area contributed by atoms with Gasteiger partial charge in [-0.1, -0.05) is 0 Å². The summed E-state index contributed by atoms with van der Waals surface area (Å²) in [5.41, 5.74) is 1.01. The lowest BCUT2D eigenvalue weighted by atomic mass is 10.3. The van der Waals surface area contributed by atoms with Crippen LogP contribution < -0.4 is 0 Å². The van der Waals surface area contributed by atoms with E-state index in [2.05, 4.69) is 26.0 Å². The van der Waals surface area contributed by atoms with Gasteiger partial charge in [-0.15, -0.1) is 4.68 Å². The minimum absolute atomic E-state index is 0.359. The van der Waals surface area contributed by atoms with Crippen LogP contribution in [0.3, 0.4) is 0 Å². The minimum atomic E-state index is -1.13. The van der Waals surface area contributed by atoms with Crippen molar-refractivity contribution in [2.75, 3.05) is 0 Å². The average Bonchev–Trinajstić information content (AvgIpc) is 2.44. The predicted molar refractivity (Wildman–Crippen MR) is 53.4 cm³/mol. The van der Waals surface area contributed by atoms with Gasteiger partial charge in [-0.3, -0.25) is 0 Å². The molecule has 2 aromatic heterocycles. The summed E-state index contributed by atoms with van der Waals surface area (Å²) >= 11 is 3.27. The molecule has 0 aliphatic carbocycles. The van der Waals surface area contributed by atoms with Gasteiger partial charge in [-0.05, 0) is 28.9 Å². The number of rotatable bonds is 0. The fourth-order valence-electron chi connectivity index (χ4n) is 1.25. The SMILES string of the molecule is Cc1nn(C(=O)O)c2ncc(Br)cc12. The van der Waals surface area contributed by atoms with Gasteiger partial charge >= 0.3 is 6.09 Å². The molecule has 0 saturated carbocycles. The van der Waals surface area contributed by atoms with Gasteiger partial charge in [0.15, 0.2) is 5.65 Å². The van der Waals surface area contributed by atoms with Crippen molar-refractivity contribution in [1.82, 2.24) is 14.8 Å². The van der Waals surface area contributed by atoms with Gasteiger partial charge < -0.3 is 5.11 Å². The zero-order chi connectivity index (χ0) is 10.3. The summed E-state index contributed by atoms with van der Waals surface area (Å²) in [5.74, 6) is 0. The van der Waals surface area contributed by atoms with Crippen LogP contribution in [-0.2, 0) is 0 Å². The van der Waals surface area contributed by atoms with Crippen LogP contribution in [0.15, 0.2) is 16.7 Å². The number of hydrogen-bond acceptors (Lipinski definition) is 3. The minimum Gasteiger partial charge on any atom is -0.463 e. The Morgan fingerprint density at radius 2 is 2.36 bits per heavy atom. The van der Waals surface area contributed by atoms with Crippen molar-refractivity contribution in [2.45, 2.75) is 6.92 Å². The van der Waals surface area contributed by atoms with E-state index in [0.717, 1.165) is 14.5 Å². The van der Waals surface area contributed by atoms with E-state index in [1.807, 2.05) is 0 Å². The number of hydrogen-bond donors (Lipinski definition) is 1. The van der Waals surface area contributed by atoms with Crippen molar-refractivity contribution >= 4 is 33.1 Å². The Kier molecular flexibility index (Phi) is 1.99. The Morgan fingerprint density at radius 3 is 3.00 bits per heavy atom. The van der Waals surface area contributed by atoms with E-state index in [0.29, 0.717) is 11.3 Å². The fraction of sp³-hybridized carbons (Fsp3) is 0.125. The first-order valence-corrected chi connectivity index (χ1v) is 4.63. The number of carbonyl (C=O) groups is 1. The van der Waals surface area contributed by atoms with Crippen molar-refractivity contribution in [3.8, 4) is 0 Å². The molecule has 0 unspecified atom stereocenters. The van der Waals surface area contributed by atoms with E-state index in [-0.39, 0.29) is 0 Å². The van der Waals surface area contributed by atoms with E-state index in [1.54, 1.807) is 19.2 Å². The molecule has 2 heterocycles. The van der Waals surface area contributed by atoms with Crippen LogP contribution in [0.2, 0.25) is 0 Å². The van der Waals surface area contributed by atoms with Crippen molar-refractivity contribution in [2.24, 2.45) is 0 Å². The normalized spacial score (nSPS) is 10.7. The summed E-state index contributed by atoms with van der Waals surface area (Å²) in [7, 11) is 0. The summed E-state index contributed by atoms with van der Waals surface area (Å²) in [6.45, 7) is 1.75. The maximum absolute atomic E-state index is 10.8. The standard InChI is InChI=1S/C8H6BrN3O2/c1-4-6-2-5(9)3-10-7(6)12(11-4)8(13)14/h2-3H,1H3,(H,13,14). The van der Waals surface area contributed by atoms with Crippen LogP contribution in [-0.4, -0.2) is 26.0 Å². The van der Waals surface area contributed by atoms with Crippen LogP contribution in [0, 0.1) is 6.92 Å². The van der Waals surface area contributed by atoms with Crippen molar-refractivity contribution in [3.63, 3.8) is 0 Å². The molecule has 5 nitrogen and oxygen atoms in total. The molecule has 0 bridgehead atoms. The van der Waals surface area contributed by atoms with Crippen molar-refractivity contribution < 1.29 is 9.90 Å². The molecule has 0 atom stereocenters. The molecule has 0 radical (unpaired) electrons. The second kappa shape index (κ2) is 3.06. The summed E-state index contributed by atoms with van der Waals surface area (Å²) in [6, 6.07) is 1.80. The molecule has 2 aromatic rings. The second-order valence-electron chi connectivity index (χ2n) is 2.80. The highest BCUT2D eigenvalue weighted by atomic mass is 79.9. The van der Waals surface area contributed by atoms with Gasteiger partial charge in [-0.2, -0.15) is 5.10 Å². The smallest absolute Gasteiger partial charge is 0.434 e. The van der Waals surface area contributed by atoms with Gasteiger partial charge in [0, 0.05) is 16.1 Å². The first kappa shape index (κ1) is 9.14. The molecule has 1 N–H and O–H groups in total. The van der Waals surface area contributed by atoms with Gasteiger partial charge in [-0.25, -0.2) is 9.78 Å². The van der Waals surface area contributed by atoms with E-state index >= 15 is 0 Å². The highest BCUT2D eigenvalue weighted by molar-refractivity contribution is 9.10. The number of carboxylic acid groups (broad SMARTS) is 1. The zero-order valence-corrected chi connectivity index (χ0v) is 8.82. The second-order valence-corrected chi connectivity index (χ2v) is 3.72. The highest BCUT2D eigenvalue weighted by Crippen LogP contribution is 2.19. The number of nitrogens with zero attached hydrogens (tertiary/aromatic N) is 3. The lowest BCUT2D eigenvalue weighted by Gasteiger charge is -1.93. The Balaban J connectivity index is 2.84. The lowest BCUT2D eigenvalue weighted by Crippen LogP contribution is -2.10.